The fraction of sp³-hybridized carbons (Fsp3) is 0.364. The van der Waals surface area contributed by atoms with Crippen molar-refractivity contribution in [1.82, 2.24) is 19.7 Å². The minimum atomic E-state index is -0.233. The highest BCUT2D eigenvalue weighted by Gasteiger charge is 2.18. The van der Waals surface area contributed by atoms with Gasteiger partial charge in [0.15, 0.2) is 16.8 Å². The second-order valence-corrected chi connectivity index (χ2v) is 9.84. The normalized spacial score (nSPS) is 11.6. The number of halogens is 2. The van der Waals surface area contributed by atoms with E-state index < -0.39 is 0 Å². The van der Waals surface area contributed by atoms with Crippen LogP contribution in [0.4, 0.5) is 5.82 Å². The number of carbonyl (C=O) groups is 1. The molecule has 31 heavy (non-hydrogen) atoms. The number of nitrogens with zero attached hydrogens (tertiary/aromatic N) is 4. The van der Waals surface area contributed by atoms with Gasteiger partial charge < -0.3 is 9.88 Å². The van der Waals surface area contributed by atoms with E-state index in [9.17, 15) is 4.79 Å². The lowest BCUT2D eigenvalue weighted by Crippen LogP contribution is -2.16. The van der Waals surface area contributed by atoms with Crippen molar-refractivity contribution >= 4 is 46.7 Å². The van der Waals surface area contributed by atoms with Crippen molar-refractivity contribution in [2.75, 3.05) is 11.1 Å². The summed E-state index contributed by atoms with van der Waals surface area (Å²) < 4.78 is 2.00. The highest BCUT2D eigenvalue weighted by atomic mass is 35.5. The summed E-state index contributed by atoms with van der Waals surface area (Å²) in [7, 11) is 0. The van der Waals surface area contributed by atoms with Crippen LogP contribution in [-0.2, 0) is 16.8 Å². The van der Waals surface area contributed by atoms with Crippen molar-refractivity contribution in [3.05, 3.63) is 51.6 Å². The molecule has 3 rings (SSSR count). The van der Waals surface area contributed by atoms with Gasteiger partial charge in [0.2, 0.25) is 5.91 Å². The lowest BCUT2D eigenvalue weighted by molar-refractivity contribution is -0.113. The van der Waals surface area contributed by atoms with Crippen LogP contribution >= 0.6 is 35.0 Å². The number of anilines is 1. The minimum absolute atomic E-state index is 0.0890. The molecule has 0 saturated heterocycles. The first-order valence-electron chi connectivity index (χ1n) is 9.89. The molecular weight excluding hydrogens is 453 g/mol. The summed E-state index contributed by atoms with van der Waals surface area (Å²) in [4.78, 5) is 16.5. The maximum atomic E-state index is 12.4. The number of hydrogen-bond donors (Lipinski definition) is 1. The van der Waals surface area contributed by atoms with Crippen LogP contribution in [0, 0.1) is 6.92 Å². The highest BCUT2D eigenvalue weighted by molar-refractivity contribution is 7.99. The van der Waals surface area contributed by atoms with Gasteiger partial charge in [0, 0.05) is 18.3 Å². The predicted octanol–water partition coefficient (Wildman–Crippen LogP) is 6.00. The van der Waals surface area contributed by atoms with E-state index in [2.05, 4.69) is 65.5 Å². The predicted molar refractivity (Wildman–Crippen MR) is 128 cm³/mol. The molecule has 9 heteroatoms. The largest absolute Gasteiger partial charge is 0.309 e. The Morgan fingerprint density at radius 3 is 2.45 bits per heavy atom. The van der Waals surface area contributed by atoms with Crippen molar-refractivity contribution in [3.8, 4) is 11.4 Å². The van der Waals surface area contributed by atoms with Gasteiger partial charge in [0.05, 0.1) is 15.8 Å². The zero-order chi connectivity index (χ0) is 22.8. The number of nitrogens with one attached hydrogen (secondary N) is 1. The van der Waals surface area contributed by atoms with Crippen molar-refractivity contribution in [3.63, 3.8) is 0 Å². The van der Waals surface area contributed by atoms with Gasteiger partial charge in [0.25, 0.3) is 0 Å². The first-order valence-corrected chi connectivity index (χ1v) is 11.6. The van der Waals surface area contributed by atoms with Gasteiger partial charge in [0.1, 0.15) is 0 Å². The fourth-order valence-corrected chi connectivity index (χ4v) is 4.15. The van der Waals surface area contributed by atoms with Crippen LogP contribution < -0.4 is 5.32 Å². The van der Waals surface area contributed by atoms with Gasteiger partial charge in [-0.15, -0.1) is 10.2 Å². The van der Waals surface area contributed by atoms with Crippen LogP contribution in [0.25, 0.3) is 11.4 Å². The van der Waals surface area contributed by atoms with Crippen LogP contribution in [0.2, 0.25) is 10.0 Å². The topological polar surface area (TPSA) is 72.7 Å². The second-order valence-electron chi connectivity index (χ2n) is 8.11. The number of benzene rings is 1. The molecule has 0 saturated carbocycles. The quantitative estimate of drug-likeness (QED) is 0.440. The molecule has 1 amide bonds. The van der Waals surface area contributed by atoms with Crippen LogP contribution in [0.5, 0.6) is 0 Å². The number of hydrogen-bond acceptors (Lipinski definition) is 5. The molecule has 0 atom stereocenters. The summed E-state index contributed by atoms with van der Waals surface area (Å²) in [6.07, 6.45) is 1.47. The second kappa shape index (κ2) is 9.59. The Morgan fingerprint density at radius 2 is 1.84 bits per heavy atom. The van der Waals surface area contributed by atoms with Crippen molar-refractivity contribution in [2.45, 2.75) is 51.7 Å². The van der Waals surface area contributed by atoms with Gasteiger partial charge >= 0.3 is 0 Å². The molecule has 2 aromatic heterocycles. The number of rotatable bonds is 6. The van der Waals surface area contributed by atoms with Gasteiger partial charge in [-0.25, -0.2) is 4.98 Å². The Morgan fingerprint density at radius 1 is 1.16 bits per heavy atom. The van der Waals surface area contributed by atoms with E-state index in [0.29, 0.717) is 33.1 Å². The molecule has 0 unspecified atom stereocenters. The van der Waals surface area contributed by atoms with E-state index in [0.717, 1.165) is 11.4 Å². The standard InChI is InChI=1S/C22H25Cl2N5OS/c1-6-29-20(14-7-9-15(10-8-14)22(3,4)5)27-28-21(29)31-12-17(30)26-19-18(24)13(2)16(23)11-25-19/h7-11H,6,12H2,1-5H3,(H,25,26,30). The molecule has 0 fully saturated rings. The Labute approximate surface area is 196 Å². The minimum Gasteiger partial charge on any atom is -0.309 e. The Balaban J connectivity index is 1.71. The van der Waals surface area contributed by atoms with E-state index in [4.69, 9.17) is 23.2 Å². The third-order valence-electron chi connectivity index (χ3n) is 4.83. The van der Waals surface area contributed by atoms with Gasteiger partial charge in [-0.2, -0.15) is 0 Å². The number of amides is 1. The van der Waals surface area contributed by atoms with Crippen LogP contribution in [0.1, 0.15) is 38.8 Å². The van der Waals surface area contributed by atoms with E-state index in [1.807, 2.05) is 11.5 Å². The van der Waals surface area contributed by atoms with Crippen molar-refractivity contribution in [1.29, 1.82) is 0 Å². The summed E-state index contributed by atoms with van der Waals surface area (Å²) in [5.74, 6) is 0.998. The Kier molecular flexibility index (Phi) is 7.29. The van der Waals surface area contributed by atoms with Crippen LogP contribution in [0.3, 0.4) is 0 Å². The maximum Gasteiger partial charge on any atom is 0.236 e. The SMILES string of the molecule is CCn1c(SCC(=O)Nc2ncc(Cl)c(C)c2Cl)nnc1-c1ccc(C(C)(C)C)cc1. The Hall–Kier alpha value is -2.09. The third-order valence-corrected chi connectivity index (χ3v) is 6.65. The highest BCUT2D eigenvalue weighted by Crippen LogP contribution is 2.30. The number of thioether (sulfide) groups is 1. The van der Waals surface area contributed by atoms with E-state index in [-0.39, 0.29) is 17.1 Å². The van der Waals surface area contributed by atoms with E-state index in [1.165, 1.54) is 23.5 Å². The number of aromatic nitrogens is 4. The molecule has 164 valence electrons. The number of pyridine rings is 1. The summed E-state index contributed by atoms with van der Waals surface area (Å²) in [5.41, 5.74) is 3.02. The molecule has 0 radical (unpaired) electrons. The van der Waals surface area contributed by atoms with Gasteiger partial charge in [-0.1, -0.05) is 80.0 Å². The summed E-state index contributed by atoms with van der Waals surface area (Å²) >= 11 is 13.5. The van der Waals surface area contributed by atoms with Gasteiger partial charge in [-0.3, -0.25) is 4.79 Å². The average molecular weight is 478 g/mol. The average Bonchev–Trinajstić information content (AvgIpc) is 3.15. The first kappa shape index (κ1) is 23.6. The monoisotopic (exact) mass is 477 g/mol. The zero-order valence-electron chi connectivity index (χ0n) is 18.2. The maximum absolute atomic E-state index is 12.4. The third kappa shape index (κ3) is 5.40. The molecule has 2 heterocycles. The summed E-state index contributed by atoms with van der Waals surface area (Å²) in [6.45, 7) is 11.0. The van der Waals surface area contributed by atoms with E-state index in [1.54, 1.807) is 6.92 Å². The molecule has 6 nitrogen and oxygen atoms in total. The first-order chi connectivity index (χ1) is 14.6. The van der Waals surface area contributed by atoms with Crippen molar-refractivity contribution in [2.24, 2.45) is 0 Å². The summed E-state index contributed by atoms with van der Waals surface area (Å²) in [6, 6.07) is 8.37. The molecule has 0 bridgehead atoms. The molecule has 0 aliphatic rings. The summed E-state index contributed by atoms with van der Waals surface area (Å²) in [5, 5.41) is 12.8. The lowest BCUT2D eigenvalue weighted by atomic mass is 9.87. The molecule has 1 N–H and O–H groups in total. The fourth-order valence-electron chi connectivity index (χ4n) is 2.96. The van der Waals surface area contributed by atoms with E-state index >= 15 is 0 Å². The number of carbonyl (C=O) groups excluding carboxylic acids is 1. The van der Waals surface area contributed by atoms with Crippen LogP contribution in [0.15, 0.2) is 35.6 Å². The van der Waals surface area contributed by atoms with Gasteiger partial charge in [-0.05, 0) is 30.4 Å². The van der Waals surface area contributed by atoms with Crippen molar-refractivity contribution < 1.29 is 4.79 Å². The smallest absolute Gasteiger partial charge is 0.236 e. The molecule has 1 aromatic carbocycles. The molecule has 0 aliphatic heterocycles. The molecular formula is C22H25Cl2N5OS. The molecule has 3 aromatic rings. The lowest BCUT2D eigenvalue weighted by Gasteiger charge is -2.19. The van der Waals surface area contributed by atoms with Crippen LogP contribution in [-0.4, -0.2) is 31.4 Å². The molecule has 0 spiro atoms. The zero-order valence-corrected chi connectivity index (χ0v) is 20.5. The molecule has 0 aliphatic carbocycles. The Bertz CT molecular complexity index is 1090.